The largest absolute Gasteiger partial charge is 0.326 e. The summed E-state index contributed by atoms with van der Waals surface area (Å²) in [4.78, 5) is 19.6. The van der Waals surface area contributed by atoms with Gasteiger partial charge in [0.1, 0.15) is 5.01 Å². The molecule has 20 heavy (non-hydrogen) atoms. The van der Waals surface area contributed by atoms with Gasteiger partial charge in [-0.3, -0.25) is 4.57 Å². The lowest BCUT2D eigenvalue weighted by Crippen LogP contribution is -2.14. The first-order valence-corrected chi connectivity index (χ1v) is 7.67. The Balaban J connectivity index is 2.23. The summed E-state index contributed by atoms with van der Waals surface area (Å²) < 4.78 is 1.75. The first-order chi connectivity index (χ1) is 9.61. The highest BCUT2D eigenvalue weighted by molar-refractivity contribution is 7.13. The van der Waals surface area contributed by atoms with Crippen LogP contribution >= 0.6 is 11.3 Å². The van der Waals surface area contributed by atoms with Crippen molar-refractivity contribution in [1.82, 2.24) is 14.5 Å². The molecule has 0 saturated carbocycles. The smallest absolute Gasteiger partial charge is 0.305 e. The molecule has 3 rings (SSSR count). The highest BCUT2D eigenvalue weighted by Crippen LogP contribution is 2.31. The standard InChI is InChI=1S/C15H17N3OS/c1-4-18-12-7-5-6-10(13(12)17-15(18)19)14-16-11(8-20-14)9(2)3/h5-9H,4H2,1-3H3,(H,17,19). The lowest BCUT2D eigenvalue weighted by atomic mass is 10.1. The zero-order valence-electron chi connectivity index (χ0n) is 11.8. The summed E-state index contributed by atoms with van der Waals surface area (Å²) in [6.45, 7) is 6.91. The third kappa shape index (κ3) is 1.98. The van der Waals surface area contributed by atoms with E-state index in [-0.39, 0.29) is 5.69 Å². The van der Waals surface area contributed by atoms with Crippen molar-refractivity contribution in [3.05, 3.63) is 39.8 Å². The van der Waals surface area contributed by atoms with Crippen molar-refractivity contribution in [2.45, 2.75) is 33.2 Å². The quantitative estimate of drug-likeness (QED) is 0.800. The van der Waals surface area contributed by atoms with E-state index in [1.807, 2.05) is 25.1 Å². The number of para-hydroxylation sites is 1. The molecule has 2 heterocycles. The molecular weight excluding hydrogens is 270 g/mol. The van der Waals surface area contributed by atoms with Crippen LogP contribution in [-0.2, 0) is 6.54 Å². The van der Waals surface area contributed by atoms with Gasteiger partial charge in [0.15, 0.2) is 0 Å². The summed E-state index contributed by atoms with van der Waals surface area (Å²) in [7, 11) is 0. The Hall–Kier alpha value is -1.88. The third-order valence-electron chi connectivity index (χ3n) is 3.47. The van der Waals surface area contributed by atoms with Gasteiger partial charge in [0.25, 0.3) is 0 Å². The summed E-state index contributed by atoms with van der Waals surface area (Å²) >= 11 is 1.63. The van der Waals surface area contributed by atoms with Crippen LogP contribution in [0.4, 0.5) is 0 Å². The Labute approximate surface area is 121 Å². The van der Waals surface area contributed by atoms with Crippen LogP contribution in [0.1, 0.15) is 32.4 Å². The summed E-state index contributed by atoms with van der Waals surface area (Å²) in [6, 6.07) is 5.96. The highest BCUT2D eigenvalue weighted by atomic mass is 32.1. The van der Waals surface area contributed by atoms with E-state index in [4.69, 9.17) is 0 Å². The molecule has 0 atom stereocenters. The molecule has 0 saturated heterocycles. The zero-order chi connectivity index (χ0) is 14.3. The first-order valence-electron chi connectivity index (χ1n) is 6.79. The third-order valence-corrected chi connectivity index (χ3v) is 4.36. The predicted octanol–water partition coefficient (Wildman–Crippen LogP) is 3.60. The Bertz CT molecular complexity index is 810. The van der Waals surface area contributed by atoms with E-state index in [1.165, 1.54) is 0 Å². The number of nitrogens with zero attached hydrogens (tertiary/aromatic N) is 2. The van der Waals surface area contributed by atoms with Crippen LogP contribution in [0.15, 0.2) is 28.4 Å². The maximum Gasteiger partial charge on any atom is 0.326 e. The van der Waals surface area contributed by atoms with E-state index in [0.29, 0.717) is 12.5 Å². The summed E-state index contributed by atoms with van der Waals surface area (Å²) in [6.07, 6.45) is 0. The monoisotopic (exact) mass is 287 g/mol. The second kappa shape index (κ2) is 4.90. The average Bonchev–Trinajstić information content (AvgIpc) is 3.01. The van der Waals surface area contributed by atoms with Gasteiger partial charge in [-0.1, -0.05) is 19.9 Å². The number of rotatable bonds is 3. The topological polar surface area (TPSA) is 50.7 Å². The van der Waals surface area contributed by atoms with E-state index in [2.05, 4.69) is 29.2 Å². The molecule has 0 spiro atoms. The van der Waals surface area contributed by atoms with Gasteiger partial charge in [-0.25, -0.2) is 9.78 Å². The van der Waals surface area contributed by atoms with Gasteiger partial charge in [0.2, 0.25) is 0 Å². The molecule has 2 aromatic heterocycles. The molecule has 104 valence electrons. The van der Waals surface area contributed by atoms with Gasteiger partial charge < -0.3 is 4.98 Å². The van der Waals surface area contributed by atoms with E-state index >= 15 is 0 Å². The molecule has 0 bridgehead atoms. The van der Waals surface area contributed by atoms with Crippen molar-refractivity contribution >= 4 is 22.4 Å². The number of imidazole rings is 1. The van der Waals surface area contributed by atoms with Crippen molar-refractivity contribution in [3.63, 3.8) is 0 Å². The number of hydrogen-bond donors (Lipinski definition) is 1. The predicted molar refractivity (Wildman–Crippen MR) is 83.4 cm³/mol. The normalized spacial score (nSPS) is 11.6. The number of H-pyrrole nitrogens is 1. The van der Waals surface area contributed by atoms with Gasteiger partial charge in [0, 0.05) is 17.5 Å². The Morgan fingerprint density at radius 2 is 2.20 bits per heavy atom. The molecule has 0 fully saturated rings. The van der Waals surface area contributed by atoms with Crippen molar-refractivity contribution in [2.75, 3.05) is 0 Å². The number of aromatic nitrogens is 3. The van der Waals surface area contributed by atoms with Gasteiger partial charge in [-0.05, 0) is 25.0 Å². The summed E-state index contributed by atoms with van der Waals surface area (Å²) in [5, 5.41) is 3.05. The SMILES string of the molecule is CCn1c(=O)[nH]c2c(-c3nc(C(C)C)cs3)cccc21. The minimum absolute atomic E-state index is 0.0596. The molecule has 0 aliphatic carbocycles. The number of aryl methyl sites for hydroxylation is 1. The molecular formula is C15H17N3OS. The van der Waals surface area contributed by atoms with Gasteiger partial charge in [-0.2, -0.15) is 0 Å². The molecule has 0 radical (unpaired) electrons. The van der Waals surface area contributed by atoms with Crippen LogP contribution in [0.5, 0.6) is 0 Å². The lowest BCUT2D eigenvalue weighted by molar-refractivity contribution is 0.753. The van der Waals surface area contributed by atoms with Gasteiger partial charge in [-0.15, -0.1) is 11.3 Å². The van der Waals surface area contributed by atoms with Crippen LogP contribution < -0.4 is 5.69 Å². The molecule has 5 heteroatoms. The second-order valence-electron chi connectivity index (χ2n) is 5.11. The van der Waals surface area contributed by atoms with E-state index < -0.39 is 0 Å². The van der Waals surface area contributed by atoms with Crippen molar-refractivity contribution in [2.24, 2.45) is 0 Å². The molecule has 0 unspecified atom stereocenters. The minimum atomic E-state index is -0.0596. The highest BCUT2D eigenvalue weighted by Gasteiger charge is 2.13. The number of hydrogen-bond acceptors (Lipinski definition) is 3. The fraction of sp³-hybridized carbons (Fsp3) is 0.333. The van der Waals surface area contributed by atoms with Gasteiger partial charge >= 0.3 is 5.69 Å². The van der Waals surface area contributed by atoms with E-state index in [9.17, 15) is 4.79 Å². The minimum Gasteiger partial charge on any atom is -0.305 e. The Morgan fingerprint density at radius 3 is 2.85 bits per heavy atom. The maximum absolute atomic E-state index is 12.0. The second-order valence-corrected chi connectivity index (χ2v) is 5.96. The number of fused-ring (bicyclic) bond motifs is 1. The number of thiazole rings is 1. The maximum atomic E-state index is 12.0. The van der Waals surface area contributed by atoms with Crippen LogP contribution in [-0.4, -0.2) is 14.5 Å². The number of nitrogens with one attached hydrogen (secondary N) is 1. The molecule has 4 nitrogen and oxygen atoms in total. The Morgan fingerprint density at radius 1 is 1.40 bits per heavy atom. The van der Waals surface area contributed by atoms with Crippen LogP contribution in [0.2, 0.25) is 0 Å². The molecule has 0 aliphatic rings. The van der Waals surface area contributed by atoms with E-state index in [0.717, 1.165) is 27.3 Å². The van der Waals surface area contributed by atoms with Gasteiger partial charge in [0.05, 0.1) is 16.7 Å². The molecule has 1 N–H and O–H groups in total. The molecule has 0 aliphatic heterocycles. The first kappa shape index (κ1) is 13.1. The van der Waals surface area contributed by atoms with Crippen molar-refractivity contribution in [3.8, 4) is 10.6 Å². The fourth-order valence-electron chi connectivity index (χ4n) is 2.35. The summed E-state index contributed by atoms with van der Waals surface area (Å²) in [5.41, 5.74) is 3.86. The lowest BCUT2D eigenvalue weighted by Gasteiger charge is -2.01. The van der Waals surface area contributed by atoms with Crippen molar-refractivity contribution in [1.29, 1.82) is 0 Å². The van der Waals surface area contributed by atoms with Crippen molar-refractivity contribution < 1.29 is 0 Å². The summed E-state index contributed by atoms with van der Waals surface area (Å²) in [5.74, 6) is 0.415. The van der Waals surface area contributed by atoms with E-state index in [1.54, 1.807) is 15.9 Å². The number of benzene rings is 1. The molecule has 0 amide bonds. The number of aromatic amines is 1. The zero-order valence-corrected chi connectivity index (χ0v) is 12.6. The fourth-order valence-corrected chi connectivity index (χ4v) is 3.36. The Kier molecular flexibility index (Phi) is 3.22. The molecule has 3 aromatic rings. The van der Waals surface area contributed by atoms with Crippen LogP contribution in [0.3, 0.4) is 0 Å². The van der Waals surface area contributed by atoms with Crippen LogP contribution in [0, 0.1) is 0 Å². The molecule has 1 aromatic carbocycles. The average molecular weight is 287 g/mol. The van der Waals surface area contributed by atoms with Crippen LogP contribution in [0.25, 0.3) is 21.6 Å².